The maximum Gasteiger partial charge on any atom is 0.0575 e. The van der Waals surface area contributed by atoms with Gasteiger partial charge in [-0.2, -0.15) is 0 Å². The van der Waals surface area contributed by atoms with Crippen molar-refractivity contribution in [1.82, 2.24) is 5.32 Å². The quantitative estimate of drug-likeness (QED) is 0.556. The summed E-state index contributed by atoms with van der Waals surface area (Å²) in [4.78, 5) is 0. The van der Waals surface area contributed by atoms with Crippen LogP contribution in [0, 0.1) is 5.92 Å². The average molecular weight is 269 g/mol. The van der Waals surface area contributed by atoms with Gasteiger partial charge in [-0.15, -0.1) is 0 Å². The molecule has 0 aromatic carbocycles. The first-order valence-electron chi connectivity index (χ1n) is 8.69. The van der Waals surface area contributed by atoms with Crippen molar-refractivity contribution in [3.8, 4) is 0 Å². The van der Waals surface area contributed by atoms with E-state index < -0.39 is 0 Å². The third-order valence-electron chi connectivity index (χ3n) is 4.27. The van der Waals surface area contributed by atoms with Gasteiger partial charge in [0.1, 0.15) is 0 Å². The third-order valence-corrected chi connectivity index (χ3v) is 4.27. The van der Waals surface area contributed by atoms with E-state index in [1.807, 2.05) is 0 Å². The second-order valence-electron chi connectivity index (χ2n) is 6.14. The number of ether oxygens (including phenoxy) is 1. The highest BCUT2D eigenvalue weighted by atomic mass is 16.5. The van der Waals surface area contributed by atoms with Crippen LogP contribution in [0.3, 0.4) is 0 Å². The van der Waals surface area contributed by atoms with Crippen LogP contribution < -0.4 is 5.32 Å². The average Bonchev–Trinajstić information content (AvgIpc) is 2.45. The Morgan fingerprint density at radius 3 is 2.37 bits per heavy atom. The van der Waals surface area contributed by atoms with Gasteiger partial charge in [0.25, 0.3) is 0 Å². The minimum atomic E-state index is 0.529. The van der Waals surface area contributed by atoms with E-state index in [-0.39, 0.29) is 0 Å². The Morgan fingerprint density at radius 2 is 1.68 bits per heavy atom. The first kappa shape index (κ1) is 17.0. The number of rotatable bonds is 11. The predicted molar refractivity (Wildman–Crippen MR) is 83.6 cm³/mol. The second kappa shape index (κ2) is 11.7. The maximum atomic E-state index is 6.20. The summed E-state index contributed by atoms with van der Waals surface area (Å²) in [5.41, 5.74) is 0. The van der Waals surface area contributed by atoms with Gasteiger partial charge in [-0.05, 0) is 44.7 Å². The molecule has 1 heterocycles. The lowest BCUT2D eigenvalue weighted by Gasteiger charge is -2.25. The fourth-order valence-electron chi connectivity index (χ4n) is 2.93. The molecule has 1 fully saturated rings. The fraction of sp³-hybridized carbons (Fsp3) is 1.00. The number of piperidine rings is 1. The lowest BCUT2D eigenvalue weighted by molar-refractivity contribution is 0.0113. The van der Waals surface area contributed by atoms with Gasteiger partial charge in [-0.3, -0.25) is 0 Å². The molecule has 1 aliphatic rings. The number of nitrogens with one attached hydrogen (secondary N) is 1. The monoisotopic (exact) mass is 269 g/mol. The third kappa shape index (κ3) is 8.65. The minimum absolute atomic E-state index is 0.529. The van der Waals surface area contributed by atoms with Crippen molar-refractivity contribution in [3.05, 3.63) is 0 Å². The Labute approximate surface area is 120 Å². The van der Waals surface area contributed by atoms with E-state index in [2.05, 4.69) is 19.2 Å². The van der Waals surface area contributed by atoms with Gasteiger partial charge in [0.05, 0.1) is 6.10 Å². The van der Waals surface area contributed by atoms with Crippen LogP contribution in [0.5, 0.6) is 0 Å². The number of unbranched alkanes of at least 4 members (excludes halogenated alkanes) is 4. The van der Waals surface area contributed by atoms with Crippen LogP contribution in [0.1, 0.15) is 78.1 Å². The maximum absolute atomic E-state index is 6.20. The van der Waals surface area contributed by atoms with Crippen LogP contribution in [0.4, 0.5) is 0 Å². The highest BCUT2D eigenvalue weighted by Gasteiger charge is 2.15. The van der Waals surface area contributed by atoms with E-state index in [1.165, 1.54) is 77.3 Å². The molecule has 1 rings (SSSR count). The lowest BCUT2D eigenvalue weighted by atomic mass is 9.99. The summed E-state index contributed by atoms with van der Waals surface area (Å²) in [5, 5.41) is 3.43. The van der Waals surface area contributed by atoms with Crippen LogP contribution in [-0.4, -0.2) is 25.8 Å². The van der Waals surface area contributed by atoms with Crippen LogP contribution >= 0.6 is 0 Å². The molecule has 0 radical (unpaired) electrons. The van der Waals surface area contributed by atoms with E-state index in [0.29, 0.717) is 6.10 Å². The zero-order valence-corrected chi connectivity index (χ0v) is 13.3. The SMILES string of the molecule is CCCCCCCC(CCC)OCC1CCNCC1. The summed E-state index contributed by atoms with van der Waals surface area (Å²) in [7, 11) is 0. The number of hydrogen-bond donors (Lipinski definition) is 1. The van der Waals surface area contributed by atoms with Crippen LogP contribution in [0.25, 0.3) is 0 Å². The normalized spacial score (nSPS) is 18.6. The standard InChI is InChI=1S/C17H35NO/c1-3-5-6-7-8-10-17(9-4-2)19-15-16-11-13-18-14-12-16/h16-18H,3-15H2,1-2H3. The molecule has 0 amide bonds. The van der Waals surface area contributed by atoms with Gasteiger partial charge in [-0.25, -0.2) is 0 Å². The molecule has 2 heteroatoms. The van der Waals surface area contributed by atoms with Crippen molar-refractivity contribution in [1.29, 1.82) is 0 Å². The smallest absolute Gasteiger partial charge is 0.0575 e. The lowest BCUT2D eigenvalue weighted by Crippen LogP contribution is -2.31. The molecule has 1 aliphatic heterocycles. The Balaban J connectivity index is 2.08. The largest absolute Gasteiger partial charge is 0.378 e. The summed E-state index contributed by atoms with van der Waals surface area (Å²) in [6.45, 7) is 7.92. The van der Waals surface area contributed by atoms with Crippen molar-refractivity contribution in [3.63, 3.8) is 0 Å². The highest BCUT2D eigenvalue weighted by molar-refractivity contribution is 4.69. The molecular formula is C17H35NO. The molecule has 0 aliphatic carbocycles. The molecule has 0 spiro atoms. The molecule has 114 valence electrons. The fourth-order valence-corrected chi connectivity index (χ4v) is 2.93. The van der Waals surface area contributed by atoms with E-state index in [1.54, 1.807) is 0 Å². The highest BCUT2D eigenvalue weighted by Crippen LogP contribution is 2.17. The van der Waals surface area contributed by atoms with Crippen molar-refractivity contribution >= 4 is 0 Å². The molecule has 0 aromatic heterocycles. The zero-order chi connectivity index (χ0) is 13.8. The molecule has 1 saturated heterocycles. The molecule has 1 unspecified atom stereocenters. The van der Waals surface area contributed by atoms with Crippen molar-refractivity contribution in [2.45, 2.75) is 84.2 Å². The zero-order valence-electron chi connectivity index (χ0n) is 13.3. The van der Waals surface area contributed by atoms with E-state index >= 15 is 0 Å². The van der Waals surface area contributed by atoms with E-state index in [9.17, 15) is 0 Å². The van der Waals surface area contributed by atoms with Gasteiger partial charge < -0.3 is 10.1 Å². The van der Waals surface area contributed by atoms with Crippen molar-refractivity contribution in [2.75, 3.05) is 19.7 Å². The van der Waals surface area contributed by atoms with Gasteiger partial charge in [0, 0.05) is 6.61 Å². The van der Waals surface area contributed by atoms with Crippen LogP contribution in [0.15, 0.2) is 0 Å². The predicted octanol–water partition coefficient (Wildman–Crippen LogP) is 4.53. The Hall–Kier alpha value is -0.0800. The van der Waals surface area contributed by atoms with E-state index in [0.717, 1.165) is 12.5 Å². The van der Waals surface area contributed by atoms with E-state index in [4.69, 9.17) is 4.74 Å². The van der Waals surface area contributed by atoms with Crippen molar-refractivity contribution in [2.24, 2.45) is 5.92 Å². The Morgan fingerprint density at radius 1 is 0.947 bits per heavy atom. The molecule has 0 bridgehead atoms. The topological polar surface area (TPSA) is 21.3 Å². The summed E-state index contributed by atoms with van der Waals surface area (Å²) in [6, 6.07) is 0. The Kier molecular flexibility index (Phi) is 10.5. The van der Waals surface area contributed by atoms with Crippen LogP contribution in [0.2, 0.25) is 0 Å². The first-order valence-corrected chi connectivity index (χ1v) is 8.69. The van der Waals surface area contributed by atoms with Crippen molar-refractivity contribution < 1.29 is 4.74 Å². The summed E-state index contributed by atoms with van der Waals surface area (Å²) in [6.07, 6.45) is 13.8. The second-order valence-corrected chi connectivity index (χ2v) is 6.14. The molecule has 0 saturated carbocycles. The van der Waals surface area contributed by atoms with Gasteiger partial charge in [0.2, 0.25) is 0 Å². The minimum Gasteiger partial charge on any atom is -0.378 e. The summed E-state index contributed by atoms with van der Waals surface area (Å²) < 4.78 is 6.20. The molecule has 0 aromatic rings. The van der Waals surface area contributed by atoms with Gasteiger partial charge >= 0.3 is 0 Å². The summed E-state index contributed by atoms with van der Waals surface area (Å²) in [5.74, 6) is 0.806. The molecular weight excluding hydrogens is 234 g/mol. The number of hydrogen-bond acceptors (Lipinski definition) is 2. The molecule has 1 atom stereocenters. The summed E-state index contributed by atoms with van der Waals surface area (Å²) >= 11 is 0. The van der Waals surface area contributed by atoms with Gasteiger partial charge in [-0.1, -0.05) is 52.4 Å². The van der Waals surface area contributed by atoms with Crippen LogP contribution in [-0.2, 0) is 4.74 Å². The van der Waals surface area contributed by atoms with Gasteiger partial charge in [0.15, 0.2) is 0 Å². The Bertz CT molecular complexity index is 190. The molecule has 1 N–H and O–H groups in total. The molecule has 2 nitrogen and oxygen atoms in total. The first-order chi connectivity index (χ1) is 9.36. The molecule has 19 heavy (non-hydrogen) atoms.